The second-order valence-corrected chi connectivity index (χ2v) is 15.9. The summed E-state index contributed by atoms with van der Waals surface area (Å²) in [4.78, 5) is 45.9. The highest BCUT2D eigenvalue weighted by Crippen LogP contribution is 2.43. The highest BCUT2D eigenvalue weighted by atomic mass is 31.2. The van der Waals surface area contributed by atoms with E-state index >= 15 is 0 Å². The number of allylic oxidation sites excluding steroid dienone is 4. The van der Waals surface area contributed by atoms with Crippen molar-refractivity contribution in [2.45, 2.75) is 206 Å². The monoisotopic (exact) mass is 788 g/mol. The summed E-state index contributed by atoms with van der Waals surface area (Å²) in [5.74, 6) is -2.41. The first-order valence-corrected chi connectivity index (χ1v) is 22.9. The second kappa shape index (κ2) is 37.9. The molecule has 1 unspecified atom stereocenters. The second-order valence-electron chi connectivity index (χ2n) is 14.5. The topological polar surface area (TPSA) is 172 Å². The van der Waals surface area contributed by atoms with Crippen LogP contribution in [-0.2, 0) is 37.5 Å². The first-order valence-electron chi connectivity index (χ1n) is 21.4. The Morgan fingerprint density at radius 3 is 1.35 bits per heavy atom. The molecule has 0 heterocycles. The van der Waals surface area contributed by atoms with E-state index < -0.39 is 51.1 Å². The molecule has 0 aromatic rings. The molecule has 12 heteroatoms. The number of rotatable bonds is 40. The number of carboxylic acids is 1. The summed E-state index contributed by atoms with van der Waals surface area (Å²) >= 11 is 0. The van der Waals surface area contributed by atoms with Gasteiger partial charge >= 0.3 is 25.7 Å². The van der Waals surface area contributed by atoms with E-state index in [4.69, 9.17) is 24.8 Å². The van der Waals surface area contributed by atoms with Gasteiger partial charge in [-0.1, -0.05) is 141 Å². The minimum Gasteiger partial charge on any atom is -0.480 e. The Bertz CT molecular complexity index is 1020. The molecule has 0 rings (SSSR count). The Morgan fingerprint density at radius 2 is 0.926 bits per heavy atom. The summed E-state index contributed by atoms with van der Waals surface area (Å²) in [6, 6.07) is -1.52. The van der Waals surface area contributed by atoms with Crippen LogP contribution in [0.25, 0.3) is 0 Å². The smallest absolute Gasteiger partial charge is 0.472 e. The third kappa shape index (κ3) is 36.9. The summed E-state index contributed by atoms with van der Waals surface area (Å²) in [5.41, 5.74) is 5.33. The Hall–Kier alpha value is -2.04. The number of hydrogen-bond acceptors (Lipinski definition) is 9. The van der Waals surface area contributed by atoms with E-state index in [9.17, 15) is 23.8 Å². The molecule has 0 aliphatic heterocycles. The van der Waals surface area contributed by atoms with Gasteiger partial charge in [0.25, 0.3) is 0 Å². The van der Waals surface area contributed by atoms with Crippen molar-refractivity contribution in [3.8, 4) is 0 Å². The number of phosphoric ester groups is 1. The van der Waals surface area contributed by atoms with E-state index in [0.717, 1.165) is 51.4 Å². The van der Waals surface area contributed by atoms with Gasteiger partial charge in [0.15, 0.2) is 6.10 Å². The minimum absolute atomic E-state index is 0.140. The van der Waals surface area contributed by atoms with Gasteiger partial charge in [-0.25, -0.2) is 4.57 Å². The average molecular weight is 788 g/mol. The predicted octanol–water partition coefficient (Wildman–Crippen LogP) is 11.1. The number of hydrogen-bond donors (Lipinski definition) is 3. The molecule has 0 aromatic heterocycles. The zero-order chi connectivity index (χ0) is 40.0. The van der Waals surface area contributed by atoms with Crippen LogP contribution in [0.5, 0.6) is 0 Å². The fourth-order valence-corrected chi connectivity index (χ4v) is 6.54. The number of unbranched alkanes of at least 4 members (excludes halogenated alkanes) is 22. The molecule has 54 heavy (non-hydrogen) atoms. The number of ether oxygens (including phenoxy) is 2. The normalized spacial score (nSPS) is 14.0. The van der Waals surface area contributed by atoms with E-state index in [-0.39, 0.29) is 19.4 Å². The van der Waals surface area contributed by atoms with Crippen LogP contribution in [0.2, 0.25) is 0 Å². The molecule has 0 aliphatic rings. The lowest BCUT2D eigenvalue weighted by atomic mass is 10.1. The van der Waals surface area contributed by atoms with Crippen molar-refractivity contribution in [2.24, 2.45) is 5.73 Å². The number of carboxylic acid groups (broad SMARTS) is 1. The van der Waals surface area contributed by atoms with Crippen LogP contribution in [0, 0.1) is 0 Å². The molecule has 0 spiro atoms. The Morgan fingerprint density at radius 1 is 0.556 bits per heavy atom. The Labute approximate surface area is 328 Å². The summed E-state index contributed by atoms with van der Waals surface area (Å²) in [6.07, 6.45) is 38.2. The van der Waals surface area contributed by atoms with Crippen molar-refractivity contribution in [3.05, 3.63) is 24.3 Å². The number of nitrogens with two attached hydrogens (primary N) is 1. The van der Waals surface area contributed by atoms with Gasteiger partial charge in [0, 0.05) is 12.8 Å². The molecule has 0 radical (unpaired) electrons. The molecule has 3 atom stereocenters. The number of esters is 2. The maximum atomic E-state index is 12.6. The molecule has 0 amide bonds. The quantitative estimate of drug-likeness (QED) is 0.0233. The molecule has 316 valence electrons. The SMILES string of the molecule is CCCCCCCCCC/C=C/CCCCCC(=O)OC[C@H](COP(=O)(O)OC[C@H](N)C(=O)O)OC(=O)CCCCC/C=C/CCCCCCCCCC. The van der Waals surface area contributed by atoms with Gasteiger partial charge in [0.2, 0.25) is 0 Å². The maximum Gasteiger partial charge on any atom is 0.472 e. The van der Waals surface area contributed by atoms with E-state index in [1.54, 1.807) is 0 Å². The minimum atomic E-state index is -4.72. The van der Waals surface area contributed by atoms with Crippen molar-refractivity contribution < 1.29 is 47.5 Å². The van der Waals surface area contributed by atoms with Crippen molar-refractivity contribution in [2.75, 3.05) is 19.8 Å². The lowest BCUT2D eigenvalue weighted by Crippen LogP contribution is -2.34. The van der Waals surface area contributed by atoms with Crippen LogP contribution >= 0.6 is 7.82 Å². The van der Waals surface area contributed by atoms with Crippen molar-refractivity contribution in [1.29, 1.82) is 0 Å². The van der Waals surface area contributed by atoms with E-state index in [0.29, 0.717) is 12.8 Å². The number of carbonyl (C=O) groups excluding carboxylic acids is 2. The predicted molar refractivity (Wildman–Crippen MR) is 217 cm³/mol. The van der Waals surface area contributed by atoms with E-state index in [1.165, 1.54) is 103 Å². The highest BCUT2D eigenvalue weighted by molar-refractivity contribution is 7.47. The van der Waals surface area contributed by atoms with Crippen LogP contribution in [-0.4, -0.2) is 59.9 Å². The van der Waals surface area contributed by atoms with Gasteiger partial charge in [0.1, 0.15) is 12.6 Å². The molecule has 0 bridgehead atoms. The highest BCUT2D eigenvalue weighted by Gasteiger charge is 2.28. The molecule has 0 fully saturated rings. The molecule has 11 nitrogen and oxygen atoms in total. The number of aliphatic carboxylic acids is 1. The third-order valence-electron chi connectivity index (χ3n) is 9.17. The van der Waals surface area contributed by atoms with Gasteiger partial charge in [-0.2, -0.15) is 0 Å². The zero-order valence-corrected chi connectivity index (χ0v) is 35.0. The molecule has 4 N–H and O–H groups in total. The Balaban J connectivity index is 4.42. The Kier molecular flexibility index (Phi) is 36.4. The third-order valence-corrected chi connectivity index (χ3v) is 10.1. The van der Waals surface area contributed by atoms with E-state index in [2.05, 4.69) is 42.7 Å². The van der Waals surface area contributed by atoms with Crippen LogP contribution in [0.3, 0.4) is 0 Å². The van der Waals surface area contributed by atoms with Gasteiger partial charge in [0.05, 0.1) is 13.2 Å². The van der Waals surface area contributed by atoms with Gasteiger partial charge in [-0.05, 0) is 64.2 Å². The first kappa shape index (κ1) is 52.0. The molecule has 0 saturated carbocycles. The van der Waals surface area contributed by atoms with Crippen LogP contribution in [0.1, 0.15) is 194 Å². The zero-order valence-electron chi connectivity index (χ0n) is 34.1. The number of phosphoric acid groups is 1. The van der Waals surface area contributed by atoms with Crippen LogP contribution in [0.15, 0.2) is 24.3 Å². The van der Waals surface area contributed by atoms with Gasteiger partial charge < -0.3 is 25.2 Å². The lowest BCUT2D eigenvalue weighted by Gasteiger charge is -2.20. The summed E-state index contributed by atoms with van der Waals surface area (Å²) in [5, 5.41) is 8.88. The maximum absolute atomic E-state index is 12.6. The largest absolute Gasteiger partial charge is 0.480 e. The van der Waals surface area contributed by atoms with E-state index in [1.807, 2.05) is 0 Å². The van der Waals surface area contributed by atoms with Crippen LogP contribution < -0.4 is 5.73 Å². The molecular formula is C42H78NO10P. The number of carbonyl (C=O) groups is 3. The van der Waals surface area contributed by atoms with Gasteiger partial charge in [-0.3, -0.25) is 23.4 Å². The standard InChI is InChI=1S/C42H78NO10P/c1-3-5-7-9-11-13-15-17-19-21-23-25-27-29-31-33-40(44)50-35-38(36-51-54(48,49)52-37-39(43)42(46)47)53-41(45)34-32-30-28-26-24-22-20-18-16-14-12-10-8-6-4-2/h21-24,38-39H,3-20,25-37,43H2,1-2H3,(H,46,47)(H,48,49)/b23-21+,24-22+/t38-,39+/m1/s1. The molecule has 0 saturated heterocycles. The summed E-state index contributed by atoms with van der Waals surface area (Å²) in [7, 11) is -4.72. The fraction of sp³-hybridized carbons (Fsp3) is 0.833. The first-order chi connectivity index (χ1) is 26.1. The summed E-state index contributed by atoms with van der Waals surface area (Å²) in [6.45, 7) is 2.77. The van der Waals surface area contributed by atoms with Crippen molar-refractivity contribution >= 4 is 25.7 Å². The van der Waals surface area contributed by atoms with Crippen molar-refractivity contribution in [3.63, 3.8) is 0 Å². The average Bonchev–Trinajstić information content (AvgIpc) is 3.14. The van der Waals surface area contributed by atoms with Gasteiger partial charge in [-0.15, -0.1) is 0 Å². The van der Waals surface area contributed by atoms with Crippen molar-refractivity contribution in [1.82, 2.24) is 0 Å². The lowest BCUT2D eigenvalue weighted by molar-refractivity contribution is -0.161. The van der Waals surface area contributed by atoms with Crippen LogP contribution in [0.4, 0.5) is 0 Å². The summed E-state index contributed by atoms with van der Waals surface area (Å²) < 4.78 is 32.6. The molecule has 0 aliphatic carbocycles. The molecular weight excluding hydrogens is 709 g/mol. The fourth-order valence-electron chi connectivity index (χ4n) is 5.76. The molecule has 0 aromatic carbocycles.